The minimum Gasteiger partial charge on any atom is -0.345 e. The van der Waals surface area contributed by atoms with Gasteiger partial charge in [-0.05, 0) is 37.1 Å². The Morgan fingerprint density at radius 1 is 0.422 bits per heavy atom. The first-order valence-corrected chi connectivity index (χ1v) is 11.7. The molecule has 3 nitrogen and oxygen atoms in total. The van der Waals surface area contributed by atoms with Gasteiger partial charge < -0.3 is 4.98 Å². The Kier molecular flexibility index (Phi) is 8.72. The highest BCUT2D eigenvalue weighted by Gasteiger charge is 2.41. The van der Waals surface area contributed by atoms with Crippen LogP contribution in [0.2, 0.25) is 0 Å². The lowest BCUT2D eigenvalue weighted by Crippen LogP contribution is -2.24. The molecule has 238 valence electrons. The second-order valence-electron chi connectivity index (χ2n) is 8.95. The molecule has 0 aliphatic carbocycles. The minimum atomic E-state index is -3.12. The summed E-state index contributed by atoms with van der Waals surface area (Å²) in [7, 11) is 0. The van der Waals surface area contributed by atoms with Crippen LogP contribution < -0.4 is 4.90 Å². The molecule has 0 fully saturated rings. The van der Waals surface area contributed by atoms with Crippen molar-refractivity contribution in [2.75, 3.05) is 4.90 Å². The number of aromatic nitrogens is 2. The predicted octanol–water partition coefficient (Wildman–Crippen LogP) is 9.42. The number of anilines is 3. The van der Waals surface area contributed by atoms with E-state index in [1.54, 1.807) is 6.33 Å². The monoisotopic (exact) mass is 661 g/mol. The number of benzene rings is 4. The number of aromatic amines is 1. The first-order chi connectivity index (χ1) is 20.9. The first kappa shape index (κ1) is 33.0. The van der Waals surface area contributed by atoms with E-state index in [1.165, 1.54) is 11.1 Å². The summed E-state index contributed by atoms with van der Waals surface area (Å²) >= 11 is 0. The van der Waals surface area contributed by atoms with Gasteiger partial charge in [0.2, 0.25) is 17.5 Å². The van der Waals surface area contributed by atoms with Gasteiger partial charge in [-0.1, -0.05) is 0 Å². The molecule has 0 saturated heterocycles. The second-order valence-corrected chi connectivity index (χ2v) is 8.95. The van der Waals surface area contributed by atoms with E-state index in [-0.39, 0.29) is 0 Å². The van der Waals surface area contributed by atoms with Gasteiger partial charge in [-0.2, -0.15) is 0 Å². The highest BCUT2D eigenvalue weighted by molar-refractivity contribution is 5.79. The fourth-order valence-electron chi connectivity index (χ4n) is 3.90. The van der Waals surface area contributed by atoms with Crippen LogP contribution in [0.5, 0.6) is 0 Å². The maximum absolute atomic E-state index is 14.3. The molecule has 18 heteroatoms. The molecule has 0 spiro atoms. The van der Waals surface area contributed by atoms with Crippen LogP contribution in [0.4, 0.5) is 82.9 Å². The molecular weight excluding hydrogens is 651 g/mol. The molecule has 1 aromatic heterocycles. The molecular formula is C27H10F15N3. The van der Waals surface area contributed by atoms with Crippen LogP contribution >= 0.6 is 0 Å². The van der Waals surface area contributed by atoms with E-state index in [1.807, 2.05) is 0 Å². The normalized spacial score (nSPS) is 11.2. The maximum Gasteiger partial charge on any atom is 0.200 e. The SMILES string of the molecule is Cc1cc2nc[nH]c2cc1C.Fc1c(F)c(F)c(N(c2c(F)c(F)c(F)c(F)c2F)c2c(F)c(F)c(F)c(F)c2F)c(F)c1F. The molecule has 0 unspecified atom stereocenters. The lowest BCUT2D eigenvalue weighted by Gasteiger charge is -2.28. The van der Waals surface area contributed by atoms with Crippen molar-refractivity contribution >= 4 is 28.1 Å². The topological polar surface area (TPSA) is 31.9 Å². The van der Waals surface area contributed by atoms with E-state index >= 15 is 0 Å². The third-order valence-electron chi connectivity index (χ3n) is 6.27. The van der Waals surface area contributed by atoms with Crippen LogP contribution in [0.1, 0.15) is 11.1 Å². The zero-order valence-corrected chi connectivity index (χ0v) is 21.8. The highest BCUT2D eigenvalue weighted by Crippen LogP contribution is 2.46. The summed E-state index contributed by atoms with van der Waals surface area (Å²) in [5.41, 5.74) is -3.76. The number of fused-ring (bicyclic) bond motifs is 1. The number of hydrogen-bond donors (Lipinski definition) is 1. The summed E-state index contributed by atoms with van der Waals surface area (Å²) in [6.07, 6.45) is 1.73. The Morgan fingerprint density at radius 2 is 0.689 bits per heavy atom. The van der Waals surface area contributed by atoms with Crippen molar-refractivity contribution in [3.63, 3.8) is 0 Å². The molecule has 0 bridgehead atoms. The van der Waals surface area contributed by atoms with Gasteiger partial charge in [0, 0.05) is 0 Å². The Hall–Kier alpha value is -4.90. The average molecular weight is 661 g/mol. The number of nitrogens with one attached hydrogen (secondary N) is 1. The minimum absolute atomic E-state index is 1.05. The molecule has 0 amide bonds. The fourth-order valence-corrected chi connectivity index (χ4v) is 3.90. The standard InChI is InChI=1S/C18F15N.C9H10N2/c19-1-4(22)10(28)16(11(29)5(1)23)34(17-12(30)6(24)2(20)7(25)13(17)31)18-14(32)8(26)3(21)9(27)15(18)33;1-6-3-8-9(4-7(6)2)11-5-10-8/h;3-5H,1-2H3,(H,10,11). The lowest BCUT2D eigenvalue weighted by molar-refractivity contribution is 0.369. The van der Waals surface area contributed by atoms with Crippen LogP contribution in [0.15, 0.2) is 18.5 Å². The van der Waals surface area contributed by atoms with Crippen molar-refractivity contribution in [1.29, 1.82) is 0 Å². The molecule has 0 atom stereocenters. The third kappa shape index (κ3) is 5.27. The summed E-state index contributed by atoms with van der Waals surface area (Å²) in [5.74, 6) is -46.0. The number of imidazole rings is 1. The van der Waals surface area contributed by atoms with E-state index in [4.69, 9.17) is 0 Å². The average Bonchev–Trinajstić information content (AvgIpc) is 3.46. The molecule has 5 rings (SSSR count). The van der Waals surface area contributed by atoms with Gasteiger partial charge >= 0.3 is 0 Å². The van der Waals surface area contributed by atoms with Gasteiger partial charge in [-0.25, -0.2) is 70.8 Å². The molecule has 45 heavy (non-hydrogen) atoms. The van der Waals surface area contributed by atoms with E-state index in [0.29, 0.717) is 0 Å². The summed E-state index contributed by atoms with van der Waals surface area (Å²) in [6, 6.07) is 4.22. The van der Waals surface area contributed by atoms with E-state index in [0.717, 1.165) is 11.0 Å². The van der Waals surface area contributed by atoms with Crippen molar-refractivity contribution in [1.82, 2.24) is 9.97 Å². The van der Waals surface area contributed by atoms with Crippen LogP contribution in [0.25, 0.3) is 11.0 Å². The van der Waals surface area contributed by atoms with E-state index in [9.17, 15) is 65.9 Å². The van der Waals surface area contributed by atoms with Gasteiger partial charge in [-0.15, -0.1) is 0 Å². The van der Waals surface area contributed by atoms with Crippen LogP contribution in [0.3, 0.4) is 0 Å². The van der Waals surface area contributed by atoms with Crippen molar-refractivity contribution in [2.45, 2.75) is 13.8 Å². The highest BCUT2D eigenvalue weighted by atomic mass is 19.2. The van der Waals surface area contributed by atoms with Gasteiger partial charge in [0.25, 0.3) is 0 Å². The molecule has 1 N–H and O–H groups in total. The largest absolute Gasteiger partial charge is 0.345 e. The van der Waals surface area contributed by atoms with Gasteiger partial charge in [0.05, 0.1) is 17.4 Å². The van der Waals surface area contributed by atoms with Gasteiger partial charge in [0.1, 0.15) is 17.1 Å². The number of nitrogens with zero attached hydrogens (tertiary/aromatic N) is 2. The Balaban J connectivity index is 0.000000348. The molecule has 0 radical (unpaired) electrons. The zero-order valence-electron chi connectivity index (χ0n) is 21.8. The zero-order chi connectivity index (χ0) is 33.8. The number of hydrogen-bond acceptors (Lipinski definition) is 2. The molecule has 4 aromatic carbocycles. The molecule has 1 heterocycles. The number of rotatable bonds is 3. The fraction of sp³-hybridized carbons (Fsp3) is 0.0741. The Labute approximate surface area is 240 Å². The third-order valence-corrected chi connectivity index (χ3v) is 6.27. The molecule has 0 aliphatic rings. The summed E-state index contributed by atoms with van der Waals surface area (Å²) in [6.45, 7) is 4.21. The molecule has 0 saturated carbocycles. The van der Waals surface area contributed by atoms with E-state index < -0.39 is 109 Å². The van der Waals surface area contributed by atoms with Crippen LogP contribution in [0, 0.1) is 101 Å². The number of halogens is 15. The van der Waals surface area contributed by atoms with Crippen molar-refractivity contribution in [2.24, 2.45) is 0 Å². The smallest absolute Gasteiger partial charge is 0.200 e. The van der Waals surface area contributed by atoms with Crippen molar-refractivity contribution < 1.29 is 65.9 Å². The maximum atomic E-state index is 14.3. The Bertz CT molecular complexity index is 1720. The quantitative estimate of drug-likeness (QED) is 0.119. The van der Waals surface area contributed by atoms with Gasteiger partial charge in [-0.3, -0.25) is 4.90 Å². The molecule has 0 aliphatic heterocycles. The molecule has 5 aromatic rings. The van der Waals surface area contributed by atoms with Crippen LogP contribution in [-0.2, 0) is 0 Å². The number of H-pyrrole nitrogens is 1. The van der Waals surface area contributed by atoms with Crippen molar-refractivity contribution in [3.8, 4) is 0 Å². The lowest BCUT2D eigenvalue weighted by atomic mass is 10.1. The second kappa shape index (κ2) is 11.9. The first-order valence-electron chi connectivity index (χ1n) is 11.7. The van der Waals surface area contributed by atoms with Crippen LogP contribution in [-0.4, -0.2) is 9.97 Å². The Morgan fingerprint density at radius 3 is 1.00 bits per heavy atom. The van der Waals surface area contributed by atoms with E-state index in [2.05, 4.69) is 35.9 Å². The summed E-state index contributed by atoms with van der Waals surface area (Å²) in [5, 5.41) is 0. The number of aryl methyl sites for hydroxylation is 2. The predicted molar refractivity (Wildman–Crippen MR) is 126 cm³/mol. The summed E-state index contributed by atoms with van der Waals surface area (Å²) < 4.78 is 208. The van der Waals surface area contributed by atoms with Gasteiger partial charge in [0.15, 0.2) is 69.8 Å². The summed E-state index contributed by atoms with van der Waals surface area (Å²) in [4.78, 5) is 5.69. The van der Waals surface area contributed by atoms with Crippen molar-refractivity contribution in [3.05, 3.63) is 117 Å².